The Labute approximate surface area is 810 Å². The molecule has 0 aliphatic rings. The van der Waals surface area contributed by atoms with Crippen LogP contribution >= 0.6 is 11.6 Å². The number of ketones is 4. The number of halogens is 7. The van der Waals surface area contributed by atoms with Gasteiger partial charge in [-0.15, -0.1) is 0 Å². The second kappa shape index (κ2) is 41.7. The molecule has 0 spiro atoms. The van der Waals surface area contributed by atoms with Crippen LogP contribution in [0, 0.1) is 97.2 Å². The third-order valence-corrected chi connectivity index (χ3v) is 28.8. The van der Waals surface area contributed by atoms with Crippen molar-refractivity contribution < 1.29 is 98.1 Å². The zero-order valence-corrected chi connectivity index (χ0v) is 82.9. The van der Waals surface area contributed by atoms with E-state index in [2.05, 4.69) is 41.2 Å². The summed E-state index contributed by atoms with van der Waals surface area (Å²) in [5.41, 5.74) is 13.6. The number of sulfone groups is 4. The summed E-state index contributed by atoms with van der Waals surface area (Å²) in [7, 11) is -8.56. The van der Waals surface area contributed by atoms with Gasteiger partial charge in [0, 0.05) is 157 Å². The maximum atomic E-state index is 14.3. The number of nitrogens with one attached hydrogen (secondary N) is 8. The monoisotopic (exact) mass is 2000 g/mol. The Morgan fingerprint density at radius 2 is 0.536 bits per heavy atom. The maximum absolute atomic E-state index is 14.3. The number of aryl methyl sites for hydroxylation is 9. The summed E-state index contributed by atoms with van der Waals surface area (Å²) in [5, 5.41) is 15.3. The van der Waals surface area contributed by atoms with Gasteiger partial charge in [-0.2, -0.15) is 0 Å². The van der Waals surface area contributed by atoms with Crippen LogP contribution in [0.25, 0.3) is 43.6 Å². The minimum Gasteiger partial charge on any atom is -0.497 e. The molecule has 8 N–H and O–H groups in total. The molecule has 4 atom stereocenters. The van der Waals surface area contributed by atoms with E-state index in [1.165, 1.54) is 162 Å². The Bertz CT molecular complexity index is 7320. The molecule has 0 saturated carbocycles. The van der Waals surface area contributed by atoms with Gasteiger partial charge in [-0.05, 0) is 268 Å². The van der Waals surface area contributed by atoms with Crippen LogP contribution in [0.15, 0.2) is 238 Å². The van der Waals surface area contributed by atoms with E-state index in [9.17, 15) is 79.2 Å². The molecular formula is C105H99ClF6N8O16S4. The lowest BCUT2D eigenvalue weighted by molar-refractivity contribution is 0.0963. The zero-order valence-electron chi connectivity index (χ0n) is 78.9. The number of fused-ring (bicyclic) bond motifs is 4. The van der Waals surface area contributed by atoms with Gasteiger partial charge in [-0.3, -0.25) is 19.2 Å². The zero-order chi connectivity index (χ0) is 102. The van der Waals surface area contributed by atoms with Crippen molar-refractivity contribution in [2.75, 3.05) is 74.7 Å². The Hall–Kier alpha value is -14.5. The van der Waals surface area contributed by atoms with E-state index in [1.807, 2.05) is 45.0 Å². The van der Waals surface area contributed by atoms with Crippen molar-refractivity contribution in [2.24, 2.45) is 0 Å². The van der Waals surface area contributed by atoms with E-state index in [1.54, 1.807) is 102 Å². The largest absolute Gasteiger partial charge is 0.497 e. The van der Waals surface area contributed by atoms with Crippen molar-refractivity contribution >= 4 is 140 Å². The van der Waals surface area contributed by atoms with Gasteiger partial charge in [-0.25, -0.2) is 60.0 Å². The molecular weight excluding hydrogens is 1910 g/mol. The molecule has 4 heterocycles. The van der Waals surface area contributed by atoms with E-state index < -0.39 is 110 Å². The fourth-order valence-electron chi connectivity index (χ4n) is 16.2. The third-order valence-electron chi connectivity index (χ3n) is 23.9. The van der Waals surface area contributed by atoms with Gasteiger partial charge < -0.3 is 60.2 Å². The number of anilines is 4. The lowest BCUT2D eigenvalue weighted by Crippen LogP contribution is -2.22. The fraction of sp³-hybridized carbons (Fsp3) is 0.200. The maximum Gasteiger partial charge on any atom is 0.191 e. The minimum absolute atomic E-state index is 0.00557. The average Bonchev–Trinajstić information content (AvgIpc) is 1.61. The van der Waals surface area contributed by atoms with E-state index >= 15 is 0 Å². The molecule has 0 aliphatic heterocycles. The normalized spacial score (nSPS) is 12.5. The van der Waals surface area contributed by atoms with Crippen LogP contribution in [-0.4, -0.2) is 130 Å². The standard InChI is InChI=1S/C27H27FN2O4S.C26H24ClFN2O4S.2C26H24F2N2O4S/c1-15-9-23-24(14-29-25(23)10-16(15)2)27(31)26(22-7-6-18(28)8-17(22)3)30-19-11-20(34-4)13-21(12-19)35(5,32)33;1-14-5-7-21-22(13-29-24(21)23(14)27)26(31)25(20-8-6-16(28)9-15(20)2)30-17-10-18(34-3)12-19(11-17)35(4,32)33;2*1-14-7-16(27)5-6-20(14)25(30-17-9-18(34-3)11-19(10-17)35(4,32)33)26(31)22-13-29-24-8-15(2)23(28)12-21(22)24/h6-14,26,29-30H,1-5H3;3*5-13,25,29-30H,1-4H3. The first-order chi connectivity index (χ1) is 65.9. The van der Waals surface area contributed by atoms with Crippen molar-refractivity contribution in [2.45, 2.75) is 106 Å². The van der Waals surface area contributed by atoms with Crippen LogP contribution in [0.1, 0.15) is 138 Å². The van der Waals surface area contributed by atoms with Crippen LogP contribution in [0.2, 0.25) is 5.02 Å². The van der Waals surface area contributed by atoms with E-state index in [-0.39, 0.29) is 53.8 Å². The summed E-state index contributed by atoms with van der Waals surface area (Å²) < 4.78 is 203. The average molecular weight is 2010 g/mol. The molecule has 4 aromatic heterocycles. The van der Waals surface area contributed by atoms with Gasteiger partial charge in [0.25, 0.3) is 0 Å². The summed E-state index contributed by atoms with van der Waals surface area (Å²) in [4.78, 5) is 67.9. The van der Waals surface area contributed by atoms with Crippen LogP contribution in [0.5, 0.6) is 23.0 Å². The summed E-state index contributed by atoms with van der Waals surface area (Å²) in [5.74, 6) is -2.77. The third kappa shape index (κ3) is 23.2. The number of aromatic nitrogens is 4. The highest BCUT2D eigenvalue weighted by atomic mass is 35.5. The van der Waals surface area contributed by atoms with Crippen molar-refractivity contribution in [1.29, 1.82) is 0 Å². The molecule has 728 valence electrons. The second-order valence-corrected chi connectivity index (χ2v) is 42.6. The molecule has 0 bridgehead atoms. The number of rotatable bonds is 28. The first kappa shape index (κ1) is 103. The summed E-state index contributed by atoms with van der Waals surface area (Å²) >= 11 is 6.44. The highest BCUT2D eigenvalue weighted by Gasteiger charge is 2.34. The summed E-state index contributed by atoms with van der Waals surface area (Å²) in [6.45, 7) is 15.9. The lowest BCUT2D eigenvalue weighted by atomic mass is 9.93. The first-order valence-corrected chi connectivity index (χ1v) is 51.1. The van der Waals surface area contributed by atoms with Crippen molar-refractivity contribution in [3.8, 4) is 23.0 Å². The number of hydrogen-bond donors (Lipinski definition) is 8. The topological polar surface area (TPSA) is 353 Å². The quantitative estimate of drug-likeness (QED) is 0.0167. The van der Waals surface area contributed by atoms with Gasteiger partial charge in [0.2, 0.25) is 0 Å². The van der Waals surface area contributed by atoms with Crippen molar-refractivity contribution in [3.63, 3.8) is 0 Å². The van der Waals surface area contributed by atoms with Gasteiger partial charge in [-0.1, -0.05) is 48.0 Å². The minimum atomic E-state index is -3.57. The number of ether oxygens (including phenoxy) is 4. The second-order valence-electron chi connectivity index (χ2n) is 34.2. The van der Waals surface area contributed by atoms with Crippen LogP contribution < -0.4 is 40.2 Å². The van der Waals surface area contributed by atoms with E-state index in [0.29, 0.717) is 139 Å². The van der Waals surface area contributed by atoms with Gasteiger partial charge in [0.05, 0.1) is 58.6 Å². The van der Waals surface area contributed by atoms with Crippen LogP contribution in [0.4, 0.5) is 49.1 Å². The molecule has 24 nitrogen and oxygen atoms in total. The predicted molar refractivity (Wildman–Crippen MR) is 534 cm³/mol. The van der Waals surface area contributed by atoms with Crippen molar-refractivity contribution in [3.05, 3.63) is 353 Å². The molecule has 0 aliphatic carbocycles. The SMILES string of the molecule is COc1cc(NC(C(=O)c2c[nH]c3c(Cl)c(C)ccc23)c2ccc(F)cc2C)cc(S(C)(=O)=O)c1.COc1cc(NC(C(=O)c2c[nH]c3cc(C)c(C)cc23)c2ccc(F)cc2C)cc(S(C)(=O)=O)c1.COc1cc(NC(C(=O)c2c[nH]c3cc(C)c(F)cc23)c2ccc(F)cc2C)cc(S(C)(=O)=O)c1.COc1cc(NC(C(=O)c2c[nH]c3cc(C)c(F)cc23)c2ccc(F)cc2C)cc(S(C)(=O)=O)c1. The number of hydrogen-bond acceptors (Lipinski definition) is 20. The summed E-state index contributed by atoms with van der Waals surface area (Å²) in [6.07, 6.45) is 10.6. The van der Waals surface area contributed by atoms with Gasteiger partial charge >= 0.3 is 0 Å². The predicted octanol–water partition coefficient (Wildman–Crippen LogP) is 22.7. The Balaban J connectivity index is 0.000000157. The smallest absolute Gasteiger partial charge is 0.191 e. The lowest BCUT2D eigenvalue weighted by Gasteiger charge is -2.22. The molecule has 35 heteroatoms. The number of Topliss-reactive ketones (excluding diaryl/α,β-unsaturated/α-hetero) is 4. The van der Waals surface area contributed by atoms with E-state index in [0.717, 1.165) is 52.6 Å². The highest BCUT2D eigenvalue weighted by Crippen LogP contribution is 2.41. The van der Waals surface area contributed by atoms with Gasteiger partial charge in [0.1, 0.15) is 82.1 Å². The number of aromatic amines is 4. The number of carbonyl (C=O) groups is 4. The van der Waals surface area contributed by atoms with E-state index in [4.69, 9.17) is 30.5 Å². The molecule has 140 heavy (non-hydrogen) atoms. The number of carbonyl (C=O) groups excluding carboxylic acids is 4. The van der Waals surface area contributed by atoms with Crippen molar-refractivity contribution in [1.82, 2.24) is 19.9 Å². The first-order valence-electron chi connectivity index (χ1n) is 43.2. The molecule has 4 unspecified atom stereocenters. The Morgan fingerprint density at radius 3 is 0.800 bits per heavy atom. The molecule has 12 aromatic carbocycles. The molecule has 16 aromatic rings. The summed E-state index contributed by atoms with van der Waals surface area (Å²) in [6, 6.07) is 43.7. The number of H-pyrrole nitrogens is 4. The Morgan fingerprint density at radius 1 is 0.286 bits per heavy atom. The van der Waals surface area contributed by atoms with Crippen LogP contribution in [-0.2, 0) is 39.3 Å². The number of benzene rings is 12. The fourth-order valence-corrected chi connectivity index (χ4v) is 19.1. The molecule has 16 rings (SSSR count). The molecule has 0 fully saturated rings. The van der Waals surface area contributed by atoms with Gasteiger partial charge in [0.15, 0.2) is 62.5 Å². The highest BCUT2D eigenvalue weighted by molar-refractivity contribution is 7.91. The Kier molecular flexibility index (Phi) is 30.7. The van der Waals surface area contributed by atoms with Crippen LogP contribution in [0.3, 0.4) is 0 Å². The molecule has 0 saturated heterocycles. The number of methoxy groups -OCH3 is 4. The molecule has 0 radical (unpaired) electrons. The molecule has 0 amide bonds.